The molecule has 3 heterocycles. The van der Waals surface area contributed by atoms with Gasteiger partial charge in [0.1, 0.15) is 5.82 Å². The lowest BCUT2D eigenvalue weighted by Crippen LogP contribution is -2.30. The molecule has 0 aliphatic carbocycles. The predicted octanol–water partition coefficient (Wildman–Crippen LogP) is 1.53. The highest BCUT2D eigenvalue weighted by Gasteiger charge is 2.16. The molecule has 0 spiro atoms. The zero-order valence-electron chi connectivity index (χ0n) is 9.60. The van der Waals surface area contributed by atoms with E-state index in [4.69, 9.17) is 0 Å². The van der Waals surface area contributed by atoms with E-state index < -0.39 is 5.95 Å². The van der Waals surface area contributed by atoms with Crippen molar-refractivity contribution >= 4 is 0 Å². The number of likely N-dealkylation sites (N-methyl/N-ethyl adjacent to an activating group) is 1. The summed E-state index contributed by atoms with van der Waals surface area (Å²) in [5.74, 6) is 0.593. The third-order valence-electron chi connectivity index (χ3n) is 3.02. The van der Waals surface area contributed by atoms with Crippen molar-refractivity contribution in [1.29, 1.82) is 0 Å². The van der Waals surface area contributed by atoms with Crippen LogP contribution >= 0.6 is 0 Å². The molecule has 1 aliphatic rings. The van der Waals surface area contributed by atoms with Crippen LogP contribution in [-0.4, -0.2) is 33.0 Å². The van der Waals surface area contributed by atoms with E-state index in [9.17, 15) is 4.39 Å². The zero-order chi connectivity index (χ0) is 11.8. The summed E-state index contributed by atoms with van der Waals surface area (Å²) >= 11 is 0. The van der Waals surface area contributed by atoms with E-state index in [0.717, 1.165) is 36.7 Å². The first-order chi connectivity index (χ1) is 8.22. The van der Waals surface area contributed by atoms with Crippen LogP contribution in [0.3, 0.4) is 0 Å². The van der Waals surface area contributed by atoms with E-state index in [1.54, 1.807) is 6.07 Å². The Balaban J connectivity index is 1.97. The van der Waals surface area contributed by atoms with Crippen LogP contribution < -0.4 is 0 Å². The Morgan fingerprint density at radius 3 is 2.94 bits per heavy atom. The van der Waals surface area contributed by atoms with E-state index in [0.29, 0.717) is 0 Å². The van der Waals surface area contributed by atoms with Gasteiger partial charge in [-0.1, -0.05) is 0 Å². The van der Waals surface area contributed by atoms with Crippen LogP contribution in [0, 0.1) is 5.95 Å². The highest BCUT2D eigenvalue weighted by Crippen LogP contribution is 2.20. The van der Waals surface area contributed by atoms with Crippen molar-refractivity contribution in [3.05, 3.63) is 36.3 Å². The van der Waals surface area contributed by atoms with Gasteiger partial charge in [-0.15, -0.1) is 0 Å². The minimum atomic E-state index is -0.461. The third kappa shape index (κ3) is 1.93. The Hall–Kier alpha value is -1.75. The first-order valence-corrected chi connectivity index (χ1v) is 5.59. The lowest BCUT2D eigenvalue weighted by atomic mass is 10.2. The van der Waals surface area contributed by atoms with Gasteiger partial charge in [-0.25, -0.2) is 9.97 Å². The Bertz CT molecular complexity index is 532. The van der Waals surface area contributed by atoms with Gasteiger partial charge in [-0.2, -0.15) is 4.39 Å². The molecule has 0 aromatic carbocycles. The van der Waals surface area contributed by atoms with E-state index in [1.807, 2.05) is 6.20 Å². The second-order valence-electron chi connectivity index (χ2n) is 4.34. The van der Waals surface area contributed by atoms with Crippen molar-refractivity contribution in [3.63, 3.8) is 0 Å². The minimum absolute atomic E-state index is 0.461. The van der Waals surface area contributed by atoms with E-state index in [-0.39, 0.29) is 0 Å². The maximum Gasteiger partial charge on any atom is 0.212 e. The molecule has 0 atom stereocenters. The van der Waals surface area contributed by atoms with Crippen LogP contribution in [0.1, 0.15) is 5.82 Å². The molecule has 4 nitrogen and oxygen atoms in total. The highest BCUT2D eigenvalue weighted by atomic mass is 19.1. The number of rotatable bonds is 1. The second-order valence-corrected chi connectivity index (χ2v) is 4.34. The average Bonchev–Trinajstić information content (AvgIpc) is 2.72. The summed E-state index contributed by atoms with van der Waals surface area (Å²) < 4.78 is 14.9. The Morgan fingerprint density at radius 2 is 2.18 bits per heavy atom. The summed E-state index contributed by atoms with van der Waals surface area (Å²) in [6.45, 7) is 2.84. The number of nitrogens with zero attached hydrogens (tertiary/aromatic N) is 4. The minimum Gasteiger partial charge on any atom is -0.332 e. The molecule has 17 heavy (non-hydrogen) atoms. The Kier molecular flexibility index (Phi) is 2.40. The number of hydrogen-bond acceptors (Lipinski definition) is 3. The molecule has 3 rings (SSSR count). The Morgan fingerprint density at radius 1 is 1.29 bits per heavy atom. The topological polar surface area (TPSA) is 34.0 Å². The van der Waals surface area contributed by atoms with E-state index in [1.165, 1.54) is 12.3 Å². The van der Waals surface area contributed by atoms with E-state index in [2.05, 4.69) is 26.5 Å². The monoisotopic (exact) mass is 232 g/mol. The van der Waals surface area contributed by atoms with Gasteiger partial charge in [0.25, 0.3) is 0 Å². The van der Waals surface area contributed by atoms with E-state index >= 15 is 0 Å². The van der Waals surface area contributed by atoms with Gasteiger partial charge in [-0.05, 0) is 19.2 Å². The molecule has 0 saturated heterocycles. The van der Waals surface area contributed by atoms with Crippen molar-refractivity contribution in [2.75, 3.05) is 13.6 Å². The zero-order valence-corrected chi connectivity index (χ0v) is 9.60. The van der Waals surface area contributed by atoms with Crippen LogP contribution in [0.2, 0.25) is 0 Å². The van der Waals surface area contributed by atoms with Crippen molar-refractivity contribution < 1.29 is 4.39 Å². The summed E-state index contributed by atoms with van der Waals surface area (Å²) in [7, 11) is 2.08. The van der Waals surface area contributed by atoms with Crippen LogP contribution in [-0.2, 0) is 13.1 Å². The molecule has 88 valence electrons. The molecule has 0 bridgehead atoms. The number of imidazole rings is 1. The maximum absolute atomic E-state index is 12.7. The van der Waals surface area contributed by atoms with Gasteiger partial charge in [0.15, 0.2) is 0 Å². The summed E-state index contributed by atoms with van der Waals surface area (Å²) in [4.78, 5) is 10.4. The average molecular weight is 232 g/mol. The maximum atomic E-state index is 12.7. The first-order valence-electron chi connectivity index (χ1n) is 5.59. The lowest BCUT2D eigenvalue weighted by molar-refractivity contribution is 0.264. The number of aromatic nitrogens is 3. The molecule has 1 aliphatic heterocycles. The summed E-state index contributed by atoms with van der Waals surface area (Å²) in [6, 6.07) is 3.07. The number of hydrogen-bond donors (Lipinski definition) is 0. The molecule has 0 radical (unpaired) electrons. The van der Waals surface area contributed by atoms with Gasteiger partial charge in [0.2, 0.25) is 5.95 Å². The molecule has 2 aromatic heterocycles. The molecule has 0 unspecified atom stereocenters. The van der Waals surface area contributed by atoms with Crippen LogP contribution in [0.4, 0.5) is 4.39 Å². The van der Waals surface area contributed by atoms with Gasteiger partial charge in [-0.3, -0.25) is 4.90 Å². The first kappa shape index (κ1) is 10.4. The molecule has 0 amide bonds. The summed E-state index contributed by atoms with van der Waals surface area (Å²) in [5.41, 5.74) is 1.72. The Labute approximate surface area is 98.7 Å². The second kappa shape index (κ2) is 3.92. The molecule has 2 aromatic rings. The van der Waals surface area contributed by atoms with Gasteiger partial charge < -0.3 is 4.57 Å². The number of pyridine rings is 1. The quantitative estimate of drug-likeness (QED) is 0.699. The van der Waals surface area contributed by atoms with Gasteiger partial charge in [0, 0.05) is 31.0 Å². The fourth-order valence-corrected chi connectivity index (χ4v) is 2.04. The molecular formula is C12H13FN4. The van der Waals surface area contributed by atoms with Crippen LogP contribution in [0.15, 0.2) is 24.5 Å². The van der Waals surface area contributed by atoms with Crippen molar-refractivity contribution in [2.45, 2.75) is 13.1 Å². The predicted molar refractivity (Wildman–Crippen MR) is 61.8 cm³/mol. The normalized spacial score (nSPS) is 15.9. The highest BCUT2D eigenvalue weighted by molar-refractivity contribution is 5.57. The van der Waals surface area contributed by atoms with Crippen LogP contribution in [0.25, 0.3) is 11.3 Å². The van der Waals surface area contributed by atoms with Crippen molar-refractivity contribution in [2.24, 2.45) is 0 Å². The fraction of sp³-hybridized carbons (Fsp3) is 0.333. The fourth-order valence-electron chi connectivity index (χ4n) is 2.04. The van der Waals surface area contributed by atoms with Gasteiger partial charge in [0.05, 0.1) is 12.2 Å². The van der Waals surface area contributed by atoms with Crippen LogP contribution in [0.5, 0.6) is 0 Å². The summed E-state index contributed by atoms with van der Waals surface area (Å²) in [5, 5.41) is 0. The molecule has 5 heteroatoms. The van der Waals surface area contributed by atoms with Gasteiger partial charge >= 0.3 is 0 Å². The van der Waals surface area contributed by atoms with Crippen molar-refractivity contribution in [3.8, 4) is 11.3 Å². The largest absolute Gasteiger partial charge is 0.332 e. The SMILES string of the molecule is CN1CCn2cc(-c3ccc(F)nc3)nc2C1. The molecule has 0 saturated carbocycles. The third-order valence-corrected chi connectivity index (χ3v) is 3.02. The number of fused-ring (bicyclic) bond motifs is 1. The lowest BCUT2D eigenvalue weighted by Gasteiger charge is -2.22. The van der Waals surface area contributed by atoms with Crippen molar-refractivity contribution in [1.82, 2.24) is 19.4 Å². The smallest absolute Gasteiger partial charge is 0.212 e. The standard InChI is InChI=1S/C12H13FN4/c1-16-4-5-17-7-10(15-12(17)8-16)9-2-3-11(13)14-6-9/h2-3,6-7H,4-5,8H2,1H3. The molecule has 0 fully saturated rings. The molecular weight excluding hydrogens is 219 g/mol. The summed E-state index contributed by atoms with van der Waals surface area (Å²) in [6.07, 6.45) is 3.53. The number of halogens is 1. The molecule has 0 N–H and O–H groups in total.